The van der Waals surface area contributed by atoms with E-state index in [9.17, 15) is 4.79 Å². The van der Waals surface area contributed by atoms with Gasteiger partial charge in [-0.2, -0.15) is 0 Å². The molecule has 1 aromatic rings. The lowest BCUT2D eigenvalue weighted by atomic mass is 9.96. The summed E-state index contributed by atoms with van der Waals surface area (Å²) in [4.78, 5) is 20.4. The van der Waals surface area contributed by atoms with E-state index < -0.39 is 0 Å². The summed E-state index contributed by atoms with van der Waals surface area (Å²) >= 11 is 0. The molecule has 26 heavy (non-hydrogen) atoms. The zero-order valence-corrected chi connectivity index (χ0v) is 16.4. The van der Waals surface area contributed by atoms with Gasteiger partial charge in [0.2, 0.25) is 0 Å². The summed E-state index contributed by atoms with van der Waals surface area (Å²) in [6, 6.07) is 8.88. The Kier molecular flexibility index (Phi) is 5.66. The minimum atomic E-state index is -0.317. The summed E-state index contributed by atoms with van der Waals surface area (Å²) in [5.41, 5.74) is 2.91. The molecule has 0 saturated carbocycles. The number of oxime groups is 1. The number of benzene rings is 1. The lowest BCUT2D eigenvalue weighted by molar-refractivity contribution is -0.115. The first kappa shape index (κ1) is 18.9. The Morgan fingerprint density at radius 2 is 2.00 bits per heavy atom. The molecule has 1 atom stereocenters. The molecular formula is C21H31N3O2. The van der Waals surface area contributed by atoms with E-state index in [1.54, 1.807) is 0 Å². The third-order valence-corrected chi connectivity index (χ3v) is 5.22. The number of nitrogens with zero attached hydrogens (tertiary/aromatic N) is 2. The molecule has 0 aromatic heterocycles. The average molecular weight is 357 g/mol. The van der Waals surface area contributed by atoms with Crippen LogP contribution in [0.25, 0.3) is 0 Å². The fourth-order valence-corrected chi connectivity index (χ4v) is 3.59. The summed E-state index contributed by atoms with van der Waals surface area (Å²) < 4.78 is 0. The van der Waals surface area contributed by atoms with Gasteiger partial charge < -0.3 is 10.2 Å². The largest absolute Gasteiger partial charge is 0.387 e. The highest BCUT2D eigenvalue weighted by Crippen LogP contribution is 2.34. The van der Waals surface area contributed by atoms with Gasteiger partial charge in [-0.05, 0) is 23.0 Å². The topological polar surface area (TPSA) is 53.9 Å². The van der Waals surface area contributed by atoms with Crippen LogP contribution in [-0.4, -0.2) is 41.8 Å². The second kappa shape index (κ2) is 7.78. The van der Waals surface area contributed by atoms with Crippen LogP contribution in [0.3, 0.4) is 0 Å². The summed E-state index contributed by atoms with van der Waals surface area (Å²) in [5, 5.41) is 7.03. The predicted octanol–water partition coefficient (Wildman–Crippen LogP) is 3.30. The van der Waals surface area contributed by atoms with Crippen molar-refractivity contribution in [3.05, 3.63) is 35.4 Å². The van der Waals surface area contributed by atoms with E-state index in [0.717, 1.165) is 26.1 Å². The third-order valence-electron chi connectivity index (χ3n) is 5.22. The van der Waals surface area contributed by atoms with Crippen LogP contribution in [0, 0.1) is 5.92 Å². The molecule has 1 saturated heterocycles. The highest BCUT2D eigenvalue weighted by atomic mass is 16.7. The van der Waals surface area contributed by atoms with E-state index >= 15 is 0 Å². The SMILES string of the molecule is CC(C)CNC(=O)C1=NO[C@]2(CCN(Cc3ccc(C(C)C)cc3)C2)C1. The molecular weight excluding hydrogens is 326 g/mol. The van der Waals surface area contributed by atoms with Crippen molar-refractivity contribution in [1.82, 2.24) is 10.2 Å². The second-order valence-corrected chi connectivity index (χ2v) is 8.45. The first-order valence-electron chi connectivity index (χ1n) is 9.71. The van der Waals surface area contributed by atoms with Crippen molar-refractivity contribution in [2.24, 2.45) is 11.1 Å². The molecule has 0 aliphatic carbocycles. The fourth-order valence-electron chi connectivity index (χ4n) is 3.59. The van der Waals surface area contributed by atoms with Crippen LogP contribution in [-0.2, 0) is 16.2 Å². The van der Waals surface area contributed by atoms with E-state index in [-0.39, 0.29) is 11.5 Å². The van der Waals surface area contributed by atoms with Gasteiger partial charge in [0.05, 0.1) is 0 Å². The van der Waals surface area contributed by atoms with Crippen molar-refractivity contribution in [3.63, 3.8) is 0 Å². The number of likely N-dealkylation sites (tertiary alicyclic amines) is 1. The van der Waals surface area contributed by atoms with Crippen molar-refractivity contribution >= 4 is 11.6 Å². The normalized spacial score (nSPS) is 22.9. The summed E-state index contributed by atoms with van der Waals surface area (Å²) in [5.74, 6) is 0.904. The average Bonchev–Trinajstić information content (AvgIpc) is 3.20. The summed E-state index contributed by atoms with van der Waals surface area (Å²) in [6.07, 6.45) is 1.53. The van der Waals surface area contributed by atoms with Crippen molar-refractivity contribution in [2.75, 3.05) is 19.6 Å². The maximum atomic E-state index is 12.2. The molecule has 1 aromatic carbocycles. The number of hydrogen-bond donors (Lipinski definition) is 1. The van der Waals surface area contributed by atoms with E-state index in [1.807, 2.05) is 0 Å². The van der Waals surface area contributed by atoms with Crippen molar-refractivity contribution in [1.29, 1.82) is 0 Å². The molecule has 5 nitrogen and oxygen atoms in total. The van der Waals surface area contributed by atoms with Crippen molar-refractivity contribution in [3.8, 4) is 0 Å². The monoisotopic (exact) mass is 357 g/mol. The molecule has 142 valence electrons. The van der Waals surface area contributed by atoms with Crippen LogP contribution in [0.4, 0.5) is 0 Å². The van der Waals surface area contributed by atoms with E-state index in [0.29, 0.717) is 30.5 Å². The van der Waals surface area contributed by atoms with E-state index in [1.165, 1.54) is 11.1 Å². The number of carbonyl (C=O) groups is 1. The van der Waals surface area contributed by atoms with Crippen LogP contribution in [0.1, 0.15) is 57.6 Å². The highest BCUT2D eigenvalue weighted by Gasteiger charge is 2.46. The maximum absolute atomic E-state index is 12.2. The Morgan fingerprint density at radius 1 is 1.27 bits per heavy atom. The minimum Gasteiger partial charge on any atom is -0.387 e. The number of carbonyl (C=O) groups excluding carboxylic acids is 1. The van der Waals surface area contributed by atoms with Crippen LogP contribution in [0.2, 0.25) is 0 Å². The van der Waals surface area contributed by atoms with Crippen molar-refractivity contribution < 1.29 is 9.63 Å². The fraction of sp³-hybridized carbons (Fsp3) is 0.619. The number of rotatable bonds is 6. The molecule has 2 heterocycles. The molecule has 0 radical (unpaired) electrons. The number of nitrogens with one attached hydrogen (secondary N) is 1. The number of hydrogen-bond acceptors (Lipinski definition) is 4. The molecule has 0 bridgehead atoms. The number of amides is 1. The first-order valence-corrected chi connectivity index (χ1v) is 9.71. The van der Waals surface area contributed by atoms with Crippen LogP contribution < -0.4 is 5.32 Å². The molecule has 2 aliphatic rings. The zero-order valence-electron chi connectivity index (χ0n) is 16.4. The molecule has 1 N–H and O–H groups in total. The van der Waals surface area contributed by atoms with Gasteiger partial charge in [0, 0.05) is 39.0 Å². The Bertz CT molecular complexity index is 666. The Morgan fingerprint density at radius 3 is 2.65 bits per heavy atom. The standard InChI is InChI=1S/C21H31N3O2/c1-15(2)12-22-20(25)19-11-21(26-23-19)9-10-24(14-21)13-17-5-7-18(8-6-17)16(3)4/h5-8,15-16H,9-14H2,1-4H3,(H,22,25)/t21-/m1/s1. The Labute approximate surface area is 156 Å². The minimum absolute atomic E-state index is 0.0849. The molecule has 1 fully saturated rings. The highest BCUT2D eigenvalue weighted by molar-refractivity contribution is 6.39. The van der Waals surface area contributed by atoms with E-state index in [2.05, 4.69) is 67.3 Å². The molecule has 2 aliphatic heterocycles. The third kappa shape index (κ3) is 4.44. The molecule has 1 spiro atoms. The van der Waals surface area contributed by atoms with Gasteiger partial charge in [0.1, 0.15) is 5.71 Å². The van der Waals surface area contributed by atoms with Gasteiger partial charge in [-0.15, -0.1) is 0 Å². The van der Waals surface area contributed by atoms with Crippen molar-refractivity contribution in [2.45, 2.75) is 58.6 Å². The van der Waals surface area contributed by atoms with Gasteiger partial charge in [-0.1, -0.05) is 57.1 Å². The van der Waals surface area contributed by atoms with Crippen LogP contribution in [0.15, 0.2) is 29.4 Å². The molecule has 3 rings (SSSR count). The van der Waals surface area contributed by atoms with E-state index in [4.69, 9.17) is 4.84 Å². The Balaban J connectivity index is 1.52. The summed E-state index contributed by atoms with van der Waals surface area (Å²) in [7, 11) is 0. The zero-order chi connectivity index (χ0) is 18.7. The lowest BCUT2D eigenvalue weighted by Gasteiger charge is -2.22. The second-order valence-electron chi connectivity index (χ2n) is 8.45. The first-order chi connectivity index (χ1) is 12.4. The van der Waals surface area contributed by atoms with Gasteiger partial charge in [-0.3, -0.25) is 9.69 Å². The maximum Gasteiger partial charge on any atom is 0.269 e. The van der Waals surface area contributed by atoms with Crippen LogP contribution >= 0.6 is 0 Å². The Hall–Kier alpha value is -1.88. The predicted molar refractivity (Wildman–Crippen MR) is 104 cm³/mol. The quantitative estimate of drug-likeness (QED) is 0.850. The molecule has 1 amide bonds. The van der Waals surface area contributed by atoms with Gasteiger partial charge in [0.25, 0.3) is 5.91 Å². The van der Waals surface area contributed by atoms with Gasteiger partial charge >= 0.3 is 0 Å². The molecule has 0 unspecified atom stereocenters. The summed E-state index contributed by atoms with van der Waals surface area (Å²) in [6.45, 7) is 12.0. The smallest absolute Gasteiger partial charge is 0.269 e. The van der Waals surface area contributed by atoms with Crippen LogP contribution in [0.5, 0.6) is 0 Å². The lowest BCUT2D eigenvalue weighted by Crippen LogP contribution is -2.37. The van der Waals surface area contributed by atoms with Gasteiger partial charge in [-0.25, -0.2) is 0 Å². The molecule has 5 heteroatoms. The van der Waals surface area contributed by atoms with Gasteiger partial charge in [0.15, 0.2) is 5.60 Å².